The van der Waals surface area contributed by atoms with E-state index in [1.54, 1.807) is 6.26 Å². The van der Waals surface area contributed by atoms with Gasteiger partial charge >= 0.3 is 0 Å². The fourth-order valence-corrected chi connectivity index (χ4v) is 2.14. The number of para-hydroxylation sites is 1. The van der Waals surface area contributed by atoms with Crippen molar-refractivity contribution in [3.63, 3.8) is 0 Å². The van der Waals surface area contributed by atoms with Gasteiger partial charge in [0.15, 0.2) is 0 Å². The molecular weight excluding hydrogens is 224 g/mol. The highest BCUT2D eigenvalue weighted by atomic mass is 16.3. The van der Waals surface area contributed by atoms with Crippen LogP contribution in [0.4, 0.5) is 5.69 Å². The van der Waals surface area contributed by atoms with E-state index in [4.69, 9.17) is 10.2 Å². The van der Waals surface area contributed by atoms with Crippen molar-refractivity contribution in [2.75, 3.05) is 18.0 Å². The number of furan rings is 1. The van der Waals surface area contributed by atoms with Crippen molar-refractivity contribution in [2.24, 2.45) is 5.73 Å². The summed E-state index contributed by atoms with van der Waals surface area (Å²) in [5.74, 6) is 0.986. The third-order valence-electron chi connectivity index (χ3n) is 3.05. The molecule has 0 aliphatic heterocycles. The summed E-state index contributed by atoms with van der Waals surface area (Å²) in [4.78, 5) is 2.31. The number of nitrogens with two attached hydrogens (primary N) is 1. The van der Waals surface area contributed by atoms with Crippen LogP contribution in [0.5, 0.6) is 0 Å². The van der Waals surface area contributed by atoms with Crippen molar-refractivity contribution in [1.29, 1.82) is 0 Å². The van der Waals surface area contributed by atoms with Crippen molar-refractivity contribution in [3.8, 4) is 0 Å². The quantitative estimate of drug-likeness (QED) is 0.849. The predicted octanol–water partition coefficient (Wildman–Crippen LogP) is 2.81. The van der Waals surface area contributed by atoms with Gasteiger partial charge in [-0.1, -0.05) is 18.2 Å². The molecule has 3 nitrogen and oxygen atoms in total. The molecule has 0 spiro atoms. The standard InChI is InChI=1S/C15H20N2O/c1-2-17(12-14-7-5-11-18-14)15-8-4-3-6-13(15)9-10-16/h3-8,11H,2,9-10,12,16H2,1H3. The van der Waals surface area contributed by atoms with Gasteiger partial charge in [0.05, 0.1) is 12.8 Å². The predicted molar refractivity (Wildman–Crippen MR) is 74.6 cm³/mol. The van der Waals surface area contributed by atoms with E-state index in [0.29, 0.717) is 6.54 Å². The van der Waals surface area contributed by atoms with Crippen molar-refractivity contribution >= 4 is 5.69 Å². The summed E-state index contributed by atoms with van der Waals surface area (Å²) >= 11 is 0. The van der Waals surface area contributed by atoms with Crippen LogP contribution in [0.1, 0.15) is 18.2 Å². The first-order chi connectivity index (χ1) is 8.85. The smallest absolute Gasteiger partial charge is 0.123 e. The van der Waals surface area contributed by atoms with Crippen molar-refractivity contribution < 1.29 is 4.42 Å². The molecule has 2 rings (SSSR count). The lowest BCUT2D eigenvalue weighted by Crippen LogP contribution is -2.23. The Hall–Kier alpha value is -1.74. The van der Waals surface area contributed by atoms with E-state index in [1.807, 2.05) is 12.1 Å². The summed E-state index contributed by atoms with van der Waals surface area (Å²) in [7, 11) is 0. The lowest BCUT2D eigenvalue weighted by Gasteiger charge is -2.24. The number of hydrogen-bond donors (Lipinski definition) is 1. The van der Waals surface area contributed by atoms with Crippen LogP contribution in [0.3, 0.4) is 0 Å². The van der Waals surface area contributed by atoms with Crippen LogP contribution in [0.25, 0.3) is 0 Å². The normalized spacial score (nSPS) is 10.6. The number of hydrogen-bond acceptors (Lipinski definition) is 3. The highest BCUT2D eigenvalue weighted by molar-refractivity contribution is 5.53. The Morgan fingerprint density at radius 2 is 2.00 bits per heavy atom. The molecular formula is C15H20N2O. The zero-order chi connectivity index (χ0) is 12.8. The molecule has 3 heteroatoms. The largest absolute Gasteiger partial charge is 0.467 e. The zero-order valence-corrected chi connectivity index (χ0v) is 10.8. The average Bonchev–Trinajstić information content (AvgIpc) is 2.90. The third kappa shape index (κ3) is 2.93. The molecule has 2 aromatic rings. The van der Waals surface area contributed by atoms with Gasteiger partial charge in [-0.3, -0.25) is 0 Å². The van der Waals surface area contributed by atoms with E-state index in [9.17, 15) is 0 Å². The minimum Gasteiger partial charge on any atom is -0.467 e. The van der Waals surface area contributed by atoms with E-state index in [-0.39, 0.29) is 0 Å². The van der Waals surface area contributed by atoms with E-state index in [0.717, 1.165) is 25.3 Å². The molecule has 1 aromatic heterocycles. The van der Waals surface area contributed by atoms with E-state index in [2.05, 4.69) is 36.1 Å². The van der Waals surface area contributed by atoms with Crippen LogP contribution in [-0.4, -0.2) is 13.1 Å². The van der Waals surface area contributed by atoms with Gasteiger partial charge in [-0.25, -0.2) is 0 Å². The Kier molecular flexibility index (Phi) is 4.42. The van der Waals surface area contributed by atoms with E-state index < -0.39 is 0 Å². The number of nitrogens with zero attached hydrogens (tertiary/aromatic N) is 1. The van der Waals surface area contributed by atoms with Crippen molar-refractivity contribution in [2.45, 2.75) is 19.9 Å². The molecule has 0 saturated carbocycles. The van der Waals surface area contributed by atoms with E-state index in [1.165, 1.54) is 11.3 Å². The van der Waals surface area contributed by atoms with Gasteiger partial charge in [0.25, 0.3) is 0 Å². The van der Waals surface area contributed by atoms with Gasteiger partial charge in [0.2, 0.25) is 0 Å². The second-order valence-corrected chi connectivity index (χ2v) is 4.26. The van der Waals surface area contributed by atoms with E-state index >= 15 is 0 Å². The van der Waals surface area contributed by atoms with Crippen LogP contribution in [0.15, 0.2) is 47.1 Å². The maximum absolute atomic E-state index is 5.67. The summed E-state index contributed by atoms with van der Waals surface area (Å²) in [6, 6.07) is 12.4. The van der Waals surface area contributed by atoms with Crippen LogP contribution in [-0.2, 0) is 13.0 Å². The molecule has 2 N–H and O–H groups in total. The van der Waals surface area contributed by atoms with Gasteiger partial charge in [0, 0.05) is 12.2 Å². The lowest BCUT2D eigenvalue weighted by atomic mass is 10.1. The minimum absolute atomic E-state index is 0.676. The molecule has 96 valence electrons. The Balaban J connectivity index is 2.21. The van der Waals surface area contributed by atoms with Crippen LogP contribution < -0.4 is 10.6 Å². The van der Waals surface area contributed by atoms with Crippen LogP contribution in [0.2, 0.25) is 0 Å². The summed E-state index contributed by atoms with van der Waals surface area (Å²) in [5.41, 5.74) is 8.22. The molecule has 1 heterocycles. The molecule has 0 unspecified atom stereocenters. The first-order valence-electron chi connectivity index (χ1n) is 6.40. The molecule has 0 radical (unpaired) electrons. The topological polar surface area (TPSA) is 42.4 Å². The van der Waals surface area contributed by atoms with Gasteiger partial charge in [-0.2, -0.15) is 0 Å². The molecule has 0 fully saturated rings. The van der Waals surface area contributed by atoms with Gasteiger partial charge in [0.1, 0.15) is 5.76 Å². The summed E-state index contributed by atoms with van der Waals surface area (Å²) < 4.78 is 5.42. The summed E-state index contributed by atoms with van der Waals surface area (Å²) in [6.45, 7) is 4.57. The zero-order valence-electron chi connectivity index (χ0n) is 10.8. The lowest BCUT2D eigenvalue weighted by molar-refractivity contribution is 0.503. The molecule has 0 saturated heterocycles. The first kappa shape index (κ1) is 12.7. The fraction of sp³-hybridized carbons (Fsp3) is 0.333. The van der Waals surface area contributed by atoms with Gasteiger partial charge < -0.3 is 15.1 Å². The minimum atomic E-state index is 0.676. The van der Waals surface area contributed by atoms with Crippen LogP contribution >= 0.6 is 0 Å². The Bertz CT molecular complexity index is 465. The Morgan fingerprint density at radius 3 is 2.67 bits per heavy atom. The number of benzene rings is 1. The van der Waals surface area contributed by atoms with Crippen LogP contribution in [0, 0.1) is 0 Å². The molecule has 0 bridgehead atoms. The highest BCUT2D eigenvalue weighted by Gasteiger charge is 2.10. The second-order valence-electron chi connectivity index (χ2n) is 4.26. The van der Waals surface area contributed by atoms with Gasteiger partial charge in [-0.05, 0) is 43.7 Å². The highest BCUT2D eigenvalue weighted by Crippen LogP contribution is 2.22. The average molecular weight is 244 g/mol. The second kappa shape index (κ2) is 6.26. The fourth-order valence-electron chi connectivity index (χ4n) is 2.14. The maximum Gasteiger partial charge on any atom is 0.123 e. The summed E-state index contributed by atoms with van der Waals surface area (Å²) in [5, 5.41) is 0. The SMILES string of the molecule is CCN(Cc1ccco1)c1ccccc1CCN. The monoisotopic (exact) mass is 244 g/mol. The Labute approximate surface area is 108 Å². The molecule has 1 aromatic carbocycles. The van der Waals surface area contributed by atoms with Crippen molar-refractivity contribution in [1.82, 2.24) is 0 Å². The molecule has 18 heavy (non-hydrogen) atoms. The van der Waals surface area contributed by atoms with Crippen molar-refractivity contribution in [3.05, 3.63) is 54.0 Å². The molecule has 0 amide bonds. The van der Waals surface area contributed by atoms with Gasteiger partial charge in [-0.15, -0.1) is 0 Å². The number of rotatable bonds is 6. The number of anilines is 1. The third-order valence-corrected chi connectivity index (χ3v) is 3.05. The first-order valence-corrected chi connectivity index (χ1v) is 6.40. The maximum atomic E-state index is 5.67. The molecule has 0 aliphatic carbocycles. The molecule has 0 atom stereocenters. The Morgan fingerprint density at radius 1 is 1.17 bits per heavy atom. The summed E-state index contributed by atoms with van der Waals surface area (Å²) in [6.07, 6.45) is 2.62. The molecule has 0 aliphatic rings.